The Balaban J connectivity index is 1.67. The molecule has 0 radical (unpaired) electrons. The van der Waals surface area contributed by atoms with Crippen LogP contribution in [-0.4, -0.2) is 28.5 Å². The highest BCUT2D eigenvalue weighted by Crippen LogP contribution is 2.47. The van der Waals surface area contributed by atoms with Gasteiger partial charge in [-0.05, 0) is 18.1 Å². The van der Waals surface area contributed by atoms with Gasteiger partial charge in [0, 0.05) is 5.56 Å². The van der Waals surface area contributed by atoms with E-state index in [1.165, 1.54) is 0 Å². The Morgan fingerprint density at radius 2 is 1.81 bits per heavy atom. The molecule has 158 valence electrons. The number of ether oxygens (including phenoxy) is 1. The highest BCUT2D eigenvalue weighted by Gasteiger charge is 2.43. The Morgan fingerprint density at radius 1 is 1.10 bits per heavy atom. The lowest BCUT2D eigenvalue weighted by molar-refractivity contribution is -0.145. The van der Waals surface area contributed by atoms with Crippen LogP contribution in [0.4, 0.5) is 5.69 Å². The standard InChI is InChI=1S/C24H21NO4S2/c1-2-12-29-19(26)13-17-21(27)22(31-24(17)30)20-16-10-6-7-11-18(16)25(23(20)28)14-15-8-4-3-5-9-15/h3-11,17H,2,12-14H2,1H3/b22-20+/t17-/m0/s1. The van der Waals surface area contributed by atoms with Gasteiger partial charge in [0.05, 0.1) is 45.9 Å². The Hall–Kier alpha value is -2.77. The van der Waals surface area contributed by atoms with Gasteiger partial charge in [-0.1, -0.05) is 79.4 Å². The summed E-state index contributed by atoms with van der Waals surface area (Å²) in [7, 11) is 0. The fourth-order valence-corrected chi connectivity index (χ4v) is 5.22. The molecule has 31 heavy (non-hydrogen) atoms. The number of hydrogen-bond acceptors (Lipinski definition) is 6. The van der Waals surface area contributed by atoms with Crippen molar-refractivity contribution in [2.75, 3.05) is 11.5 Å². The molecule has 4 rings (SSSR count). The molecule has 2 aromatic carbocycles. The van der Waals surface area contributed by atoms with Gasteiger partial charge in [0.25, 0.3) is 5.91 Å². The number of benzene rings is 2. The van der Waals surface area contributed by atoms with Gasteiger partial charge in [-0.25, -0.2) is 0 Å². The van der Waals surface area contributed by atoms with Crippen molar-refractivity contribution in [3.8, 4) is 0 Å². The summed E-state index contributed by atoms with van der Waals surface area (Å²) < 4.78 is 5.53. The number of Topliss-reactive ketones (excluding diaryl/α,β-unsaturated/α-hetero) is 1. The Kier molecular flexibility index (Phi) is 6.34. The number of anilines is 1. The lowest BCUT2D eigenvalue weighted by Crippen LogP contribution is -2.26. The number of thiocarbonyl (C=S) groups is 1. The van der Waals surface area contributed by atoms with Gasteiger partial charge < -0.3 is 9.64 Å². The van der Waals surface area contributed by atoms with Crippen molar-refractivity contribution >= 4 is 57.1 Å². The summed E-state index contributed by atoms with van der Waals surface area (Å²) in [6.07, 6.45) is 0.617. The zero-order valence-corrected chi connectivity index (χ0v) is 18.6. The fraction of sp³-hybridized carbons (Fsp3) is 0.250. The quantitative estimate of drug-likeness (QED) is 0.365. The molecule has 2 aliphatic rings. The molecule has 0 unspecified atom stereocenters. The molecule has 2 heterocycles. The van der Waals surface area contributed by atoms with Crippen LogP contribution >= 0.6 is 24.0 Å². The normalized spacial score (nSPS) is 20.4. The predicted molar refractivity (Wildman–Crippen MR) is 126 cm³/mol. The van der Waals surface area contributed by atoms with Crippen molar-refractivity contribution in [2.24, 2.45) is 5.92 Å². The summed E-state index contributed by atoms with van der Waals surface area (Å²) in [6, 6.07) is 17.2. The van der Waals surface area contributed by atoms with E-state index in [4.69, 9.17) is 17.0 Å². The van der Waals surface area contributed by atoms with E-state index in [1.54, 1.807) is 4.90 Å². The van der Waals surface area contributed by atoms with E-state index in [9.17, 15) is 14.4 Å². The maximum atomic E-state index is 13.4. The maximum absolute atomic E-state index is 13.4. The van der Waals surface area contributed by atoms with Crippen LogP contribution in [0.2, 0.25) is 0 Å². The molecule has 5 nitrogen and oxygen atoms in total. The second-order valence-corrected chi connectivity index (χ2v) is 9.11. The van der Waals surface area contributed by atoms with Crippen LogP contribution in [0, 0.1) is 5.92 Å². The third-order valence-electron chi connectivity index (χ3n) is 5.20. The van der Waals surface area contributed by atoms with Crippen molar-refractivity contribution in [3.63, 3.8) is 0 Å². The number of allylic oxidation sites excluding steroid dienone is 1. The number of fused-ring (bicyclic) bond motifs is 1. The van der Waals surface area contributed by atoms with Gasteiger partial charge in [0.1, 0.15) is 0 Å². The lowest BCUT2D eigenvalue weighted by Gasteiger charge is -2.17. The number of rotatable bonds is 6. The molecule has 1 atom stereocenters. The second kappa shape index (κ2) is 9.16. The molecule has 2 aromatic rings. The number of hydrogen-bond donors (Lipinski definition) is 0. The number of thioether (sulfide) groups is 1. The van der Waals surface area contributed by atoms with Crippen molar-refractivity contribution in [2.45, 2.75) is 26.3 Å². The van der Waals surface area contributed by atoms with Crippen LogP contribution in [0.25, 0.3) is 5.57 Å². The molecule has 0 spiro atoms. The zero-order chi connectivity index (χ0) is 22.0. The molecule has 0 aromatic heterocycles. The summed E-state index contributed by atoms with van der Waals surface area (Å²) in [4.78, 5) is 40.7. The Bertz CT molecular complexity index is 1090. The van der Waals surface area contributed by atoms with Gasteiger partial charge in [-0.15, -0.1) is 0 Å². The summed E-state index contributed by atoms with van der Waals surface area (Å²) in [5.74, 6) is -1.69. The summed E-state index contributed by atoms with van der Waals surface area (Å²) in [5, 5.41) is 0. The van der Waals surface area contributed by atoms with E-state index in [0.29, 0.717) is 34.2 Å². The first kappa shape index (κ1) is 21.5. The van der Waals surface area contributed by atoms with Crippen molar-refractivity contribution < 1.29 is 19.1 Å². The summed E-state index contributed by atoms with van der Waals surface area (Å²) in [5.41, 5.74) is 2.85. The molecule has 1 saturated heterocycles. The third-order valence-corrected chi connectivity index (χ3v) is 6.83. The van der Waals surface area contributed by atoms with Gasteiger partial charge in [-0.2, -0.15) is 0 Å². The predicted octanol–water partition coefficient (Wildman–Crippen LogP) is 4.55. The highest BCUT2D eigenvalue weighted by molar-refractivity contribution is 8.27. The number of carbonyl (C=O) groups excluding carboxylic acids is 3. The minimum absolute atomic E-state index is 0.0922. The van der Waals surface area contributed by atoms with Crippen LogP contribution in [0.3, 0.4) is 0 Å². The molecule has 1 amide bonds. The first-order valence-electron chi connectivity index (χ1n) is 10.1. The fourth-order valence-electron chi connectivity index (χ4n) is 3.70. The monoisotopic (exact) mass is 451 g/mol. The highest BCUT2D eigenvalue weighted by atomic mass is 32.2. The minimum Gasteiger partial charge on any atom is -0.466 e. The first-order valence-corrected chi connectivity index (χ1v) is 11.3. The zero-order valence-electron chi connectivity index (χ0n) is 17.0. The SMILES string of the molecule is CCCOC(=O)C[C@H]1C(=O)/C(=C2\C(=O)N(Cc3ccccc3)c3ccccc32)SC1=S. The van der Waals surface area contributed by atoms with E-state index in [-0.39, 0.29) is 18.1 Å². The number of esters is 1. The third kappa shape index (κ3) is 4.20. The number of ketones is 1. The molecule has 2 aliphatic heterocycles. The number of nitrogens with zero attached hydrogens (tertiary/aromatic N) is 1. The average molecular weight is 452 g/mol. The van der Waals surface area contributed by atoms with E-state index in [0.717, 1.165) is 28.6 Å². The number of amides is 1. The average Bonchev–Trinajstić information content (AvgIpc) is 3.20. The Labute approximate surface area is 190 Å². The van der Waals surface area contributed by atoms with E-state index < -0.39 is 11.9 Å². The Morgan fingerprint density at radius 3 is 2.55 bits per heavy atom. The van der Waals surface area contributed by atoms with E-state index in [2.05, 4.69) is 0 Å². The van der Waals surface area contributed by atoms with Gasteiger partial charge >= 0.3 is 5.97 Å². The number of carbonyl (C=O) groups is 3. The molecular weight excluding hydrogens is 430 g/mol. The van der Waals surface area contributed by atoms with Gasteiger partial charge in [-0.3, -0.25) is 14.4 Å². The van der Waals surface area contributed by atoms with E-state index >= 15 is 0 Å². The van der Waals surface area contributed by atoms with Crippen LogP contribution in [0.15, 0.2) is 59.5 Å². The molecule has 1 fully saturated rings. The molecule has 0 saturated carbocycles. The van der Waals surface area contributed by atoms with Crippen molar-refractivity contribution in [1.29, 1.82) is 0 Å². The molecule has 0 aliphatic carbocycles. The molecule has 0 bridgehead atoms. The van der Waals surface area contributed by atoms with Crippen LogP contribution < -0.4 is 4.90 Å². The maximum Gasteiger partial charge on any atom is 0.306 e. The van der Waals surface area contributed by atoms with Crippen LogP contribution in [0.5, 0.6) is 0 Å². The largest absolute Gasteiger partial charge is 0.466 e. The van der Waals surface area contributed by atoms with Gasteiger partial charge in [0.2, 0.25) is 0 Å². The smallest absolute Gasteiger partial charge is 0.306 e. The molecular formula is C24H21NO4S2. The first-order chi connectivity index (χ1) is 15.0. The van der Waals surface area contributed by atoms with Crippen LogP contribution in [0.1, 0.15) is 30.9 Å². The van der Waals surface area contributed by atoms with Crippen molar-refractivity contribution in [3.05, 3.63) is 70.6 Å². The topological polar surface area (TPSA) is 63.7 Å². The minimum atomic E-state index is -0.741. The summed E-state index contributed by atoms with van der Waals surface area (Å²) >= 11 is 6.53. The van der Waals surface area contributed by atoms with Crippen molar-refractivity contribution in [1.82, 2.24) is 0 Å². The molecule has 0 N–H and O–H groups in total. The van der Waals surface area contributed by atoms with E-state index in [1.807, 2.05) is 61.5 Å². The second-order valence-electron chi connectivity index (χ2n) is 7.36. The molecule has 7 heteroatoms. The summed E-state index contributed by atoms with van der Waals surface area (Å²) in [6.45, 7) is 2.62. The lowest BCUT2D eigenvalue weighted by atomic mass is 9.98. The van der Waals surface area contributed by atoms with Gasteiger partial charge in [0.15, 0.2) is 5.78 Å². The van der Waals surface area contributed by atoms with Crippen LogP contribution in [-0.2, 0) is 25.7 Å². The number of para-hydroxylation sites is 1.